The monoisotopic (exact) mass is 426 g/mol. The van der Waals surface area contributed by atoms with Crippen LogP contribution < -0.4 is 20.3 Å². The first kappa shape index (κ1) is 19.9. The molecule has 0 fully saturated rings. The van der Waals surface area contributed by atoms with Gasteiger partial charge in [-0.1, -0.05) is 48.5 Å². The van der Waals surface area contributed by atoms with Crippen molar-refractivity contribution in [3.05, 3.63) is 94.3 Å². The molecule has 6 nitrogen and oxygen atoms in total. The maximum atomic E-state index is 12.7. The molecule has 6 heteroatoms. The fourth-order valence-corrected chi connectivity index (χ4v) is 3.87. The van der Waals surface area contributed by atoms with Crippen molar-refractivity contribution < 1.29 is 14.3 Å². The molecule has 2 N–H and O–H groups in total. The fourth-order valence-electron chi connectivity index (χ4n) is 3.87. The van der Waals surface area contributed by atoms with Crippen LogP contribution in [0.25, 0.3) is 22.0 Å². The van der Waals surface area contributed by atoms with Gasteiger partial charge < -0.3 is 19.8 Å². The summed E-state index contributed by atoms with van der Waals surface area (Å²) >= 11 is 0. The van der Waals surface area contributed by atoms with E-state index in [-0.39, 0.29) is 12.1 Å². The minimum Gasteiger partial charge on any atom is -0.490 e. The average Bonchev–Trinajstić information content (AvgIpc) is 3.07. The standard InChI is InChI=1S/C26H22N2O4/c29-25(27-16-17-9-12-23-24(15-17)32-14-4-13-31-23)21-10-11-22(28-26(21)30)20-8-3-6-18-5-1-2-7-19(18)20/h1-3,5-12,15H,4,13-14,16H2,(H,27,29)(H,28,30). The number of rotatable bonds is 4. The molecule has 160 valence electrons. The maximum absolute atomic E-state index is 12.7. The molecule has 0 aliphatic carbocycles. The summed E-state index contributed by atoms with van der Waals surface area (Å²) in [5.41, 5.74) is 2.10. The van der Waals surface area contributed by atoms with E-state index in [4.69, 9.17) is 9.47 Å². The van der Waals surface area contributed by atoms with Crippen LogP contribution in [0.15, 0.2) is 77.6 Å². The summed E-state index contributed by atoms with van der Waals surface area (Å²) in [6, 6.07) is 22.8. The third-order valence-corrected chi connectivity index (χ3v) is 5.50. The largest absolute Gasteiger partial charge is 0.490 e. The molecule has 0 spiro atoms. The number of aromatic amines is 1. The molecular weight excluding hydrogens is 404 g/mol. The van der Waals surface area contributed by atoms with Crippen LogP contribution in [0, 0.1) is 0 Å². The van der Waals surface area contributed by atoms with E-state index < -0.39 is 11.5 Å². The van der Waals surface area contributed by atoms with Gasteiger partial charge >= 0.3 is 0 Å². The van der Waals surface area contributed by atoms with Crippen molar-refractivity contribution in [3.8, 4) is 22.8 Å². The summed E-state index contributed by atoms with van der Waals surface area (Å²) in [6.45, 7) is 1.50. The Morgan fingerprint density at radius 3 is 2.59 bits per heavy atom. The third kappa shape index (κ3) is 3.95. The van der Waals surface area contributed by atoms with E-state index in [1.807, 2.05) is 60.7 Å². The van der Waals surface area contributed by atoms with Crippen molar-refractivity contribution >= 4 is 16.7 Å². The Bertz CT molecular complexity index is 1350. The predicted octanol–water partition coefficient (Wildman–Crippen LogP) is 4.29. The first-order chi connectivity index (χ1) is 15.7. The Hall–Kier alpha value is -4.06. The number of hydrogen-bond acceptors (Lipinski definition) is 4. The van der Waals surface area contributed by atoms with Gasteiger partial charge in [-0.3, -0.25) is 9.59 Å². The van der Waals surface area contributed by atoms with Gasteiger partial charge in [-0.25, -0.2) is 0 Å². The molecule has 0 atom stereocenters. The van der Waals surface area contributed by atoms with E-state index in [1.165, 1.54) is 0 Å². The highest BCUT2D eigenvalue weighted by molar-refractivity contribution is 5.97. The zero-order valence-corrected chi connectivity index (χ0v) is 17.4. The topological polar surface area (TPSA) is 80.4 Å². The Kier molecular flexibility index (Phi) is 5.34. The molecule has 0 unspecified atom stereocenters. The van der Waals surface area contributed by atoms with Crippen LogP contribution in [-0.4, -0.2) is 24.1 Å². The lowest BCUT2D eigenvalue weighted by Gasteiger charge is -2.11. The minimum absolute atomic E-state index is 0.0725. The molecule has 32 heavy (non-hydrogen) atoms. The van der Waals surface area contributed by atoms with Crippen LogP contribution in [0.5, 0.6) is 11.5 Å². The van der Waals surface area contributed by atoms with Crippen LogP contribution in [0.2, 0.25) is 0 Å². The van der Waals surface area contributed by atoms with E-state index in [1.54, 1.807) is 12.1 Å². The average molecular weight is 426 g/mol. The predicted molar refractivity (Wildman–Crippen MR) is 123 cm³/mol. The van der Waals surface area contributed by atoms with Gasteiger partial charge in [-0.2, -0.15) is 0 Å². The van der Waals surface area contributed by atoms with Gasteiger partial charge in [-0.15, -0.1) is 0 Å². The lowest BCUT2D eigenvalue weighted by Crippen LogP contribution is -2.29. The normalized spacial score (nSPS) is 12.9. The van der Waals surface area contributed by atoms with Crippen LogP contribution in [0.4, 0.5) is 0 Å². The van der Waals surface area contributed by atoms with Crippen molar-refractivity contribution in [1.29, 1.82) is 0 Å². The number of pyridine rings is 1. The highest BCUT2D eigenvalue weighted by atomic mass is 16.5. The molecular formula is C26H22N2O4. The van der Waals surface area contributed by atoms with E-state index in [2.05, 4.69) is 10.3 Å². The van der Waals surface area contributed by atoms with Gasteiger partial charge in [0.1, 0.15) is 5.56 Å². The molecule has 4 aromatic rings. The molecule has 5 rings (SSSR count). The van der Waals surface area contributed by atoms with Gasteiger partial charge in [0.05, 0.1) is 13.2 Å². The number of fused-ring (bicyclic) bond motifs is 2. The number of benzene rings is 3. The van der Waals surface area contributed by atoms with E-state index >= 15 is 0 Å². The molecule has 1 aliphatic rings. The van der Waals surface area contributed by atoms with Gasteiger partial charge in [0, 0.05) is 24.2 Å². The number of carbonyl (C=O) groups is 1. The van der Waals surface area contributed by atoms with Crippen molar-refractivity contribution in [2.75, 3.05) is 13.2 Å². The van der Waals surface area contributed by atoms with E-state index in [0.717, 1.165) is 28.3 Å². The van der Waals surface area contributed by atoms with Crippen LogP contribution in [0.1, 0.15) is 22.3 Å². The highest BCUT2D eigenvalue weighted by Gasteiger charge is 2.14. The molecule has 1 aliphatic heterocycles. The van der Waals surface area contributed by atoms with Gasteiger partial charge in [0.15, 0.2) is 11.5 Å². The smallest absolute Gasteiger partial charge is 0.261 e. The lowest BCUT2D eigenvalue weighted by molar-refractivity contribution is 0.0949. The number of hydrogen-bond donors (Lipinski definition) is 2. The molecule has 2 heterocycles. The molecule has 0 radical (unpaired) electrons. The second-order valence-corrected chi connectivity index (χ2v) is 7.66. The maximum Gasteiger partial charge on any atom is 0.261 e. The van der Waals surface area contributed by atoms with Crippen LogP contribution in [0.3, 0.4) is 0 Å². The number of H-pyrrole nitrogens is 1. The summed E-state index contributed by atoms with van der Waals surface area (Å²) in [6.07, 6.45) is 0.832. The van der Waals surface area contributed by atoms with Crippen LogP contribution >= 0.6 is 0 Å². The number of nitrogens with one attached hydrogen (secondary N) is 2. The number of amides is 1. The number of carbonyl (C=O) groups excluding carboxylic acids is 1. The lowest BCUT2D eigenvalue weighted by atomic mass is 10.0. The van der Waals surface area contributed by atoms with Gasteiger partial charge in [-0.05, 0) is 40.6 Å². The van der Waals surface area contributed by atoms with Crippen LogP contribution in [-0.2, 0) is 6.54 Å². The van der Waals surface area contributed by atoms with Crippen molar-refractivity contribution in [3.63, 3.8) is 0 Å². The molecule has 1 aromatic heterocycles. The zero-order chi connectivity index (χ0) is 21.9. The second-order valence-electron chi connectivity index (χ2n) is 7.66. The first-order valence-corrected chi connectivity index (χ1v) is 10.6. The first-order valence-electron chi connectivity index (χ1n) is 10.6. The summed E-state index contributed by atoms with van der Waals surface area (Å²) in [7, 11) is 0. The third-order valence-electron chi connectivity index (χ3n) is 5.50. The summed E-state index contributed by atoms with van der Waals surface area (Å²) in [5, 5.41) is 4.94. The highest BCUT2D eigenvalue weighted by Crippen LogP contribution is 2.30. The van der Waals surface area contributed by atoms with Gasteiger partial charge in [0.25, 0.3) is 11.5 Å². The molecule has 3 aromatic carbocycles. The second kappa shape index (κ2) is 8.59. The molecule has 0 saturated heterocycles. The quantitative estimate of drug-likeness (QED) is 0.510. The van der Waals surface area contributed by atoms with E-state index in [0.29, 0.717) is 30.4 Å². The van der Waals surface area contributed by atoms with Crippen molar-refractivity contribution in [1.82, 2.24) is 10.3 Å². The summed E-state index contributed by atoms with van der Waals surface area (Å²) in [5.74, 6) is 0.951. The summed E-state index contributed by atoms with van der Waals surface area (Å²) in [4.78, 5) is 28.2. The minimum atomic E-state index is -0.428. The zero-order valence-electron chi connectivity index (χ0n) is 17.4. The Labute approximate surface area is 184 Å². The number of ether oxygens (including phenoxy) is 2. The van der Waals surface area contributed by atoms with Crippen molar-refractivity contribution in [2.45, 2.75) is 13.0 Å². The fraction of sp³-hybridized carbons (Fsp3) is 0.154. The Balaban J connectivity index is 1.34. The molecule has 0 bridgehead atoms. The SMILES string of the molecule is O=C(NCc1ccc2c(c1)OCCCO2)c1ccc(-c2cccc3ccccc23)[nH]c1=O. The molecule has 0 saturated carbocycles. The van der Waals surface area contributed by atoms with Gasteiger partial charge in [0.2, 0.25) is 0 Å². The molecule has 1 amide bonds. The van der Waals surface area contributed by atoms with E-state index in [9.17, 15) is 9.59 Å². The van der Waals surface area contributed by atoms with Crippen molar-refractivity contribution in [2.24, 2.45) is 0 Å². The number of aromatic nitrogens is 1. The summed E-state index contributed by atoms with van der Waals surface area (Å²) < 4.78 is 11.3. The Morgan fingerprint density at radius 1 is 0.906 bits per heavy atom. The Morgan fingerprint density at radius 2 is 1.72 bits per heavy atom.